The van der Waals surface area contributed by atoms with Gasteiger partial charge < -0.3 is 10.2 Å². The second-order valence-electron chi connectivity index (χ2n) is 7.02. The predicted molar refractivity (Wildman–Crippen MR) is 107 cm³/mol. The standard InChI is InChI=1S/C22H21N3O2/c1-14-5-3-8-20(15(14)2)25-13-17(11-21(25)26)22(27)24-19-7-4-6-16-12-23-10-9-18(16)19/h3-10,12,17H,11,13H2,1-2H3,(H,24,27). The number of amides is 2. The van der Waals surface area contributed by atoms with Crippen molar-refractivity contribution < 1.29 is 9.59 Å². The minimum Gasteiger partial charge on any atom is -0.325 e. The lowest BCUT2D eigenvalue weighted by atomic mass is 10.1. The van der Waals surface area contributed by atoms with E-state index < -0.39 is 0 Å². The van der Waals surface area contributed by atoms with Crippen LogP contribution in [0.2, 0.25) is 0 Å². The van der Waals surface area contributed by atoms with E-state index in [0.29, 0.717) is 6.54 Å². The van der Waals surface area contributed by atoms with E-state index in [4.69, 9.17) is 0 Å². The molecule has 1 aliphatic rings. The summed E-state index contributed by atoms with van der Waals surface area (Å²) in [6.07, 6.45) is 3.71. The van der Waals surface area contributed by atoms with Gasteiger partial charge in [0.2, 0.25) is 11.8 Å². The van der Waals surface area contributed by atoms with Gasteiger partial charge in [-0.15, -0.1) is 0 Å². The number of carbonyl (C=O) groups excluding carboxylic acids is 2. The summed E-state index contributed by atoms with van der Waals surface area (Å²) in [6.45, 7) is 4.44. The molecule has 1 saturated heterocycles. The van der Waals surface area contributed by atoms with Crippen molar-refractivity contribution in [2.24, 2.45) is 5.92 Å². The molecule has 1 fully saturated rings. The third kappa shape index (κ3) is 3.16. The Kier molecular flexibility index (Phi) is 4.36. The topological polar surface area (TPSA) is 62.3 Å². The maximum absolute atomic E-state index is 12.8. The number of fused-ring (bicyclic) bond motifs is 1. The third-order valence-electron chi connectivity index (χ3n) is 5.30. The number of aromatic nitrogens is 1. The summed E-state index contributed by atoms with van der Waals surface area (Å²) in [7, 11) is 0. The van der Waals surface area contributed by atoms with E-state index in [1.54, 1.807) is 17.3 Å². The maximum Gasteiger partial charge on any atom is 0.229 e. The molecule has 1 aromatic heterocycles. The Hall–Kier alpha value is -3.21. The summed E-state index contributed by atoms with van der Waals surface area (Å²) >= 11 is 0. The van der Waals surface area contributed by atoms with Crippen LogP contribution >= 0.6 is 0 Å². The van der Waals surface area contributed by atoms with Crippen LogP contribution in [-0.4, -0.2) is 23.3 Å². The lowest BCUT2D eigenvalue weighted by molar-refractivity contribution is -0.122. The predicted octanol–water partition coefficient (Wildman–Crippen LogP) is 3.84. The normalized spacial score (nSPS) is 16.7. The molecule has 1 atom stereocenters. The molecule has 136 valence electrons. The summed E-state index contributed by atoms with van der Waals surface area (Å²) < 4.78 is 0. The van der Waals surface area contributed by atoms with Crippen molar-refractivity contribution in [3.05, 3.63) is 66.0 Å². The molecular weight excluding hydrogens is 338 g/mol. The van der Waals surface area contributed by atoms with Gasteiger partial charge in [-0.1, -0.05) is 24.3 Å². The fourth-order valence-corrected chi connectivity index (χ4v) is 3.61. The number of carbonyl (C=O) groups is 2. The molecule has 1 N–H and O–H groups in total. The molecule has 1 unspecified atom stereocenters. The van der Waals surface area contributed by atoms with Gasteiger partial charge in [0.25, 0.3) is 0 Å². The average Bonchev–Trinajstić information content (AvgIpc) is 3.06. The van der Waals surface area contributed by atoms with Gasteiger partial charge in [0.1, 0.15) is 0 Å². The Bertz CT molecular complexity index is 1040. The Morgan fingerprint density at radius 3 is 2.81 bits per heavy atom. The number of nitrogens with zero attached hydrogens (tertiary/aromatic N) is 2. The smallest absolute Gasteiger partial charge is 0.229 e. The van der Waals surface area contributed by atoms with Crippen LogP contribution in [0.1, 0.15) is 17.5 Å². The molecule has 0 bridgehead atoms. The number of anilines is 2. The highest BCUT2D eigenvalue weighted by Crippen LogP contribution is 2.30. The van der Waals surface area contributed by atoms with E-state index in [9.17, 15) is 9.59 Å². The van der Waals surface area contributed by atoms with E-state index in [-0.39, 0.29) is 24.2 Å². The van der Waals surface area contributed by atoms with Crippen LogP contribution in [0.15, 0.2) is 54.9 Å². The summed E-state index contributed by atoms with van der Waals surface area (Å²) in [5, 5.41) is 4.91. The molecule has 0 saturated carbocycles. The van der Waals surface area contributed by atoms with Gasteiger partial charge in [-0.2, -0.15) is 0 Å². The van der Waals surface area contributed by atoms with Crippen molar-refractivity contribution in [1.82, 2.24) is 4.98 Å². The number of benzene rings is 2. The first-order valence-corrected chi connectivity index (χ1v) is 9.05. The molecule has 27 heavy (non-hydrogen) atoms. The van der Waals surface area contributed by atoms with E-state index in [0.717, 1.165) is 33.3 Å². The van der Waals surface area contributed by atoms with Crippen LogP contribution < -0.4 is 10.2 Å². The molecule has 2 amide bonds. The van der Waals surface area contributed by atoms with Crippen molar-refractivity contribution in [1.29, 1.82) is 0 Å². The molecule has 2 aromatic carbocycles. The zero-order chi connectivity index (χ0) is 19.0. The van der Waals surface area contributed by atoms with Gasteiger partial charge in [0.05, 0.1) is 5.92 Å². The van der Waals surface area contributed by atoms with E-state index in [2.05, 4.69) is 10.3 Å². The first-order valence-electron chi connectivity index (χ1n) is 9.05. The van der Waals surface area contributed by atoms with Gasteiger partial charge in [0, 0.05) is 47.5 Å². The van der Waals surface area contributed by atoms with Crippen molar-refractivity contribution in [3.8, 4) is 0 Å². The van der Waals surface area contributed by atoms with Crippen LogP contribution in [0.25, 0.3) is 10.8 Å². The first-order chi connectivity index (χ1) is 13.0. The SMILES string of the molecule is Cc1cccc(N2CC(C(=O)Nc3cccc4cnccc34)CC2=O)c1C. The molecule has 4 rings (SSSR count). The van der Waals surface area contributed by atoms with E-state index in [1.165, 1.54) is 0 Å². The van der Waals surface area contributed by atoms with Crippen LogP contribution in [-0.2, 0) is 9.59 Å². The largest absolute Gasteiger partial charge is 0.325 e. The molecule has 5 heteroatoms. The number of hydrogen-bond acceptors (Lipinski definition) is 3. The Morgan fingerprint density at radius 1 is 1.15 bits per heavy atom. The molecule has 2 heterocycles. The zero-order valence-corrected chi connectivity index (χ0v) is 15.4. The van der Waals surface area contributed by atoms with Crippen LogP contribution in [0.4, 0.5) is 11.4 Å². The molecule has 0 aliphatic carbocycles. The second kappa shape index (κ2) is 6.83. The quantitative estimate of drug-likeness (QED) is 0.773. The van der Waals surface area contributed by atoms with Crippen molar-refractivity contribution in [2.45, 2.75) is 20.3 Å². The lowest BCUT2D eigenvalue weighted by Crippen LogP contribution is -2.28. The third-order valence-corrected chi connectivity index (χ3v) is 5.30. The Morgan fingerprint density at radius 2 is 1.96 bits per heavy atom. The minimum absolute atomic E-state index is 0.00836. The maximum atomic E-state index is 12.8. The Balaban J connectivity index is 1.55. The zero-order valence-electron chi connectivity index (χ0n) is 15.4. The van der Waals surface area contributed by atoms with Gasteiger partial charge in [-0.3, -0.25) is 14.6 Å². The Labute approximate surface area is 158 Å². The fourth-order valence-electron chi connectivity index (χ4n) is 3.61. The highest BCUT2D eigenvalue weighted by molar-refractivity contribution is 6.07. The van der Waals surface area contributed by atoms with Crippen LogP contribution in [0, 0.1) is 19.8 Å². The fraction of sp³-hybridized carbons (Fsp3) is 0.227. The molecule has 3 aromatic rings. The van der Waals surface area contributed by atoms with E-state index in [1.807, 2.05) is 56.3 Å². The van der Waals surface area contributed by atoms with Crippen molar-refractivity contribution in [2.75, 3.05) is 16.8 Å². The first kappa shape index (κ1) is 17.2. The lowest BCUT2D eigenvalue weighted by Gasteiger charge is -2.20. The van der Waals surface area contributed by atoms with Crippen molar-refractivity contribution in [3.63, 3.8) is 0 Å². The summed E-state index contributed by atoms with van der Waals surface area (Å²) in [4.78, 5) is 31.2. The number of aryl methyl sites for hydroxylation is 1. The monoisotopic (exact) mass is 359 g/mol. The number of nitrogens with one attached hydrogen (secondary N) is 1. The summed E-state index contributed by atoms with van der Waals surface area (Å²) in [5.41, 5.74) is 3.86. The van der Waals surface area contributed by atoms with Gasteiger partial charge in [0.15, 0.2) is 0 Å². The number of rotatable bonds is 3. The summed E-state index contributed by atoms with van der Waals surface area (Å²) in [5.74, 6) is -0.499. The second-order valence-corrected chi connectivity index (χ2v) is 7.02. The molecular formula is C22H21N3O2. The summed E-state index contributed by atoms with van der Waals surface area (Å²) in [6, 6.07) is 13.5. The molecule has 1 aliphatic heterocycles. The molecule has 5 nitrogen and oxygen atoms in total. The minimum atomic E-state index is -0.366. The average molecular weight is 359 g/mol. The highest BCUT2D eigenvalue weighted by Gasteiger charge is 2.35. The van der Waals surface area contributed by atoms with Crippen molar-refractivity contribution >= 4 is 34.0 Å². The number of hydrogen-bond donors (Lipinski definition) is 1. The van der Waals surface area contributed by atoms with E-state index >= 15 is 0 Å². The van der Waals surface area contributed by atoms with Crippen LogP contribution in [0.5, 0.6) is 0 Å². The van der Waals surface area contributed by atoms with Gasteiger partial charge >= 0.3 is 0 Å². The highest BCUT2D eigenvalue weighted by atomic mass is 16.2. The number of pyridine rings is 1. The van der Waals surface area contributed by atoms with Gasteiger partial charge in [-0.25, -0.2) is 0 Å². The molecule has 0 radical (unpaired) electrons. The van der Waals surface area contributed by atoms with Gasteiger partial charge in [-0.05, 0) is 43.2 Å². The van der Waals surface area contributed by atoms with Crippen LogP contribution in [0.3, 0.4) is 0 Å². The molecule has 0 spiro atoms.